The smallest absolute Gasteiger partial charge is 0.462 e. The average molecular weight is 804 g/mol. The first-order chi connectivity index (χ1) is 25.9. The Labute approximate surface area is 339 Å². The highest BCUT2D eigenvalue weighted by molar-refractivity contribution is 7.47. The first-order valence-electron chi connectivity index (χ1n) is 22.6. The number of ether oxygens (including phenoxy) is 2. The molecule has 1 unspecified atom stereocenters. The van der Waals surface area contributed by atoms with Gasteiger partial charge in [-0.3, -0.25) is 18.6 Å². The fraction of sp³-hybridized carbons (Fsp3) is 0.956. The number of nitrogens with two attached hydrogens (primary N) is 1. The van der Waals surface area contributed by atoms with Gasteiger partial charge in [0.15, 0.2) is 6.10 Å². The second-order valence-electron chi connectivity index (χ2n) is 18.6. The Morgan fingerprint density at radius 1 is 0.509 bits per heavy atom. The molecule has 0 rings (SSSR count). The number of hydrogen-bond donors (Lipinski definition) is 2. The maximum Gasteiger partial charge on any atom is 0.472 e. The number of esters is 2. The molecule has 9 nitrogen and oxygen atoms in total. The number of phosphoric ester groups is 1. The van der Waals surface area contributed by atoms with Crippen LogP contribution in [-0.4, -0.2) is 49.3 Å². The number of carbonyl (C=O) groups is 2. The monoisotopic (exact) mass is 804 g/mol. The van der Waals surface area contributed by atoms with E-state index < -0.39 is 26.5 Å². The molecule has 0 spiro atoms. The first kappa shape index (κ1) is 54.0. The van der Waals surface area contributed by atoms with Gasteiger partial charge in [0, 0.05) is 19.4 Å². The van der Waals surface area contributed by atoms with Crippen molar-refractivity contribution in [2.45, 2.75) is 204 Å². The maximum absolute atomic E-state index is 12.9. The van der Waals surface area contributed by atoms with Crippen molar-refractivity contribution in [2.75, 3.05) is 26.4 Å². The highest BCUT2D eigenvalue weighted by Gasteiger charge is 2.27. The largest absolute Gasteiger partial charge is 0.472 e. The Morgan fingerprint density at radius 2 is 0.855 bits per heavy atom. The predicted octanol–water partition coefficient (Wildman–Crippen LogP) is 12.5. The van der Waals surface area contributed by atoms with Gasteiger partial charge >= 0.3 is 19.8 Å². The van der Waals surface area contributed by atoms with Gasteiger partial charge in [0.05, 0.1) is 13.2 Å². The molecule has 0 aromatic carbocycles. The summed E-state index contributed by atoms with van der Waals surface area (Å²) in [7, 11) is -4.40. The molecule has 8 atom stereocenters. The zero-order valence-corrected chi connectivity index (χ0v) is 38.4. The van der Waals surface area contributed by atoms with Crippen LogP contribution in [0.3, 0.4) is 0 Å². The minimum Gasteiger partial charge on any atom is -0.462 e. The third kappa shape index (κ3) is 34.7. The topological polar surface area (TPSA) is 134 Å². The van der Waals surface area contributed by atoms with Crippen molar-refractivity contribution in [3.8, 4) is 0 Å². The van der Waals surface area contributed by atoms with E-state index in [4.69, 9.17) is 24.3 Å². The molecule has 10 heteroatoms. The van der Waals surface area contributed by atoms with Gasteiger partial charge in [-0.25, -0.2) is 4.57 Å². The summed E-state index contributed by atoms with van der Waals surface area (Å²) in [6.07, 6.45) is 21.3. The fourth-order valence-corrected chi connectivity index (χ4v) is 8.10. The van der Waals surface area contributed by atoms with Gasteiger partial charge in [-0.05, 0) is 47.3 Å². The maximum atomic E-state index is 12.9. The third-order valence-electron chi connectivity index (χ3n) is 11.1. The van der Waals surface area contributed by atoms with Gasteiger partial charge in [0.25, 0.3) is 0 Å². The number of rotatable bonds is 37. The Kier molecular flexibility index (Phi) is 32.3. The van der Waals surface area contributed by atoms with Crippen LogP contribution in [0.25, 0.3) is 0 Å². The minimum atomic E-state index is -4.40. The van der Waals surface area contributed by atoms with E-state index in [0.29, 0.717) is 11.8 Å². The second-order valence-corrected chi connectivity index (χ2v) is 20.0. The van der Waals surface area contributed by atoms with Crippen LogP contribution in [0.1, 0.15) is 198 Å². The third-order valence-corrected chi connectivity index (χ3v) is 12.1. The quantitative estimate of drug-likeness (QED) is 0.0465. The molecule has 0 amide bonds. The molecule has 0 heterocycles. The summed E-state index contributed by atoms with van der Waals surface area (Å²) < 4.78 is 33.3. The Balaban J connectivity index is 4.65. The molecule has 0 bridgehead atoms. The fourth-order valence-electron chi connectivity index (χ4n) is 7.34. The van der Waals surface area contributed by atoms with Gasteiger partial charge in [-0.1, -0.05) is 185 Å². The molecule has 3 N–H and O–H groups in total. The van der Waals surface area contributed by atoms with E-state index in [1.54, 1.807) is 0 Å². The van der Waals surface area contributed by atoms with Crippen LogP contribution in [0, 0.1) is 47.3 Å². The molecule has 0 aromatic heterocycles. The van der Waals surface area contributed by atoms with Gasteiger partial charge < -0.3 is 20.1 Å². The van der Waals surface area contributed by atoms with Crippen LogP contribution in [0.15, 0.2) is 0 Å². The van der Waals surface area contributed by atoms with Crippen molar-refractivity contribution < 1.29 is 37.6 Å². The van der Waals surface area contributed by atoms with Crippen molar-refractivity contribution in [1.82, 2.24) is 0 Å². The van der Waals surface area contributed by atoms with E-state index in [1.165, 1.54) is 77.0 Å². The molecule has 0 saturated carbocycles. The van der Waals surface area contributed by atoms with Crippen LogP contribution in [0.2, 0.25) is 0 Å². The molecule has 0 aliphatic rings. The van der Waals surface area contributed by atoms with Gasteiger partial charge in [-0.2, -0.15) is 0 Å². The summed E-state index contributed by atoms with van der Waals surface area (Å²) in [6.45, 7) is 21.9. The van der Waals surface area contributed by atoms with E-state index in [0.717, 1.165) is 62.2 Å². The van der Waals surface area contributed by atoms with E-state index >= 15 is 0 Å². The highest BCUT2D eigenvalue weighted by Crippen LogP contribution is 2.43. The molecular formula is C45H90NO8P. The molecule has 0 fully saturated rings. The summed E-state index contributed by atoms with van der Waals surface area (Å²) in [6, 6.07) is 0. The number of carbonyl (C=O) groups excluding carboxylic acids is 2. The van der Waals surface area contributed by atoms with Crippen molar-refractivity contribution in [2.24, 2.45) is 53.1 Å². The number of phosphoric acid groups is 1. The molecular weight excluding hydrogens is 713 g/mol. The molecule has 55 heavy (non-hydrogen) atoms. The molecule has 0 aliphatic heterocycles. The molecule has 0 radical (unpaired) electrons. The normalized spacial score (nSPS) is 17.0. The van der Waals surface area contributed by atoms with Crippen molar-refractivity contribution in [3.63, 3.8) is 0 Å². The molecule has 328 valence electrons. The highest BCUT2D eigenvalue weighted by atomic mass is 31.2. The zero-order chi connectivity index (χ0) is 41.6. The van der Waals surface area contributed by atoms with Crippen LogP contribution in [-0.2, 0) is 32.7 Å². The van der Waals surface area contributed by atoms with Crippen LogP contribution < -0.4 is 5.73 Å². The molecule has 0 aromatic rings. The molecule has 0 saturated heterocycles. The second kappa shape index (κ2) is 32.9. The van der Waals surface area contributed by atoms with Gasteiger partial charge in [-0.15, -0.1) is 0 Å². The average Bonchev–Trinajstić information content (AvgIpc) is 3.08. The zero-order valence-electron chi connectivity index (χ0n) is 37.5. The van der Waals surface area contributed by atoms with Crippen molar-refractivity contribution in [3.05, 3.63) is 0 Å². The van der Waals surface area contributed by atoms with E-state index in [-0.39, 0.29) is 50.4 Å². The van der Waals surface area contributed by atoms with Crippen LogP contribution in [0.5, 0.6) is 0 Å². The predicted molar refractivity (Wildman–Crippen MR) is 229 cm³/mol. The van der Waals surface area contributed by atoms with E-state index in [1.807, 2.05) is 6.92 Å². The summed E-state index contributed by atoms with van der Waals surface area (Å²) in [5, 5.41) is 0. The summed E-state index contributed by atoms with van der Waals surface area (Å²) >= 11 is 0. The Hall–Kier alpha value is -0.990. The summed E-state index contributed by atoms with van der Waals surface area (Å²) in [5.41, 5.74) is 5.38. The van der Waals surface area contributed by atoms with Gasteiger partial charge in [0.1, 0.15) is 6.61 Å². The minimum absolute atomic E-state index is 0.0490. The lowest BCUT2D eigenvalue weighted by Crippen LogP contribution is -2.30. The van der Waals surface area contributed by atoms with Crippen LogP contribution in [0.4, 0.5) is 0 Å². The van der Waals surface area contributed by atoms with E-state index in [9.17, 15) is 19.0 Å². The SMILES string of the molecule is CC(C)CCC[C@@H](C)CCC[C@@H](C)CCC[C@@H](C)CC(=O)O[C@H](COC(=O)C[C@@H](C)CCC[C@@H](C)CCC[C@@H](C)CCCC(C)C)COP(=O)(O)OCCN. The van der Waals surface area contributed by atoms with Crippen molar-refractivity contribution in [1.29, 1.82) is 0 Å². The summed E-state index contributed by atoms with van der Waals surface area (Å²) in [5.74, 6) is 3.95. The lowest BCUT2D eigenvalue weighted by atomic mass is 9.91. The van der Waals surface area contributed by atoms with Gasteiger partial charge in [0.2, 0.25) is 0 Å². The first-order valence-corrected chi connectivity index (χ1v) is 24.1. The molecule has 0 aliphatic carbocycles. The number of hydrogen-bond acceptors (Lipinski definition) is 8. The van der Waals surface area contributed by atoms with E-state index in [2.05, 4.69) is 62.3 Å². The lowest BCUT2D eigenvalue weighted by molar-refractivity contribution is -0.162. The summed E-state index contributed by atoms with van der Waals surface area (Å²) in [4.78, 5) is 35.7. The van der Waals surface area contributed by atoms with Crippen LogP contribution >= 0.6 is 7.82 Å². The Morgan fingerprint density at radius 3 is 1.22 bits per heavy atom. The standard InChI is InChI=1S/C45H90NO8P/c1-35(2)17-11-19-37(5)21-13-23-39(7)25-15-27-41(9)31-44(47)51-33-43(34-53-55(49,50)52-30-29-46)54-45(48)32-42(10)28-16-26-40(8)24-14-22-38(6)20-12-18-36(3)4/h35-43H,11-34,46H2,1-10H3,(H,49,50)/t37-,38+,39-,40+,41-,42+,43+/m0/s1. The lowest BCUT2D eigenvalue weighted by Gasteiger charge is -2.21. The van der Waals surface area contributed by atoms with Crippen molar-refractivity contribution >= 4 is 19.8 Å². The Bertz CT molecular complexity index is 994.